The number of unbranched alkanes of at least 4 members (excludes halogenated alkanes) is 1. The average molecular weight is 277 g/mol. The van der Waals surface area contributed by atoms with Crippen LogP contribution in [0.25, 0.3) is 0 Å². The van der Waals surface area contributed by atoms with Gasteiger partial charge < -0.3 is 10.1 Å². The van der Waals surface area contributed by atoms with Gasteiger partial charge in [-0.2, -0.15) is 0 Å². The molecule has 20 heavy (non-hydrogen) atoms. The number of rotatable bonds is 6. The standard InChI is InChI=1S/C18H31NO/c1-17(2,3)15-11-7-8-12-16(15)20-14-10-9-13-19-18(4,5)6/h7-8,11-12,19H,9-10,13-14H2,1-6H3. The van der Waals surface area contributed by atoms with Crippen molar-refractivity contribution in [2.75, 3.05) is 13.2 Å². The van der Waals surface area contributed by atoms with E-state index < -0.39 is 0 Å². The molecule has 0 heterocycles. The van der Waals surface area contributed by atoms with Crippen LogP contribution in [0.1, 0.15) is 59.9 Å². The fourth-order valence-electron chi connectivity index (χ4n) is 2.08. The number of hydrogen-bond donors (Lipinski definition) is 1. The zero-order valence-corrected chi connectivity index (χ0v) is 14.0. The summed E-state index contributed by atoms with van der Waals surface area (Å²) in [5.74, 6) is 1.03. The highest BCUT2D eigenvalue weighted by Gasteiger charge is 2.18. The van der Waals surface area contributed by atoms with E-state index in [-0.39, 0.29) is 11.0 Å². The summed E-state index contributed by atoms with van der Waals surface area (Å²) in [5.41, 5.74) is 1.62. The maximum absolute atomic E-state index is 5.97. The second-order valence-electron chi connectivity index (χ2n) is 7.48. The average Bonchev–Trinajstić information content (AvgIpc) is 2.31. The van der Waals surface area contributed by atoms with Gasteiger partial charge in [0.05, 0.1) is 6.61 Å². The third-order valence-corrected chi connectivity index (χ3v) is 3.18. The van der Waals surface area contributed by atoms with Crippen LogP contribution in [0.5, 0.6) is 5.75 Å². The zero-order valence-electron chi connectivity index (χ0n) is 14.0. The van der Waals surface area contributed by atoms with Crippen molar-refractivity contribution in [2.45, 2.75) is 65.3 Å². The minimum absolute atomic E-state index is 0.129. The lowest BCUT2D eigenvalue weighted by Crippen LogP contribution is -2.36. The SMILES string of the molecule is CC(C)(C)NCCCCOc1ccccc1C(C)(C)C. The monoisotopic (exact) mass is 277 g/mol. The molecule has 0 radical (unpaired) electrons. The molecule has 0 amide bonds. The predicted molar refractivity (Wildman–Crippen MR) is 87.6 cm³/mol. The minimum Gasteiger partial charge on any atom is -0.493 e. The first kappa shape index (κ1) is 17.0. The zero-order chi connectivity index (χ0) is 15.2. The fourth-order valence-corrected chi connectivity index (χ4v) is 2.08. The molecule has 0 spiro atoms. The number of hydrogen-bond acceptors (Lipinski definition) is 2. The predicted octanol–water partition coefficient (Wildman–Crippen LogP) is 4.53. The van der Waals surface area contributed by atoms with Crippen LogP contribution in [0.4, 0.5) is 0 Å². The highest BCUT2D eigenvalue weighted by molar-refractivity contribution is 5.38. The summed E-state index contributed by atoms with van der Waals surface area (Å²) in [6.45, 7) is 15.1. The van der Waals surface area contributed by atoms with E-state index in [1.807, 2.05) is 6.07 Å². The molecule has 0 aromatic heterocycles. The highest BCUT2D eigenvalue weighted by Crippen LogP contribution is 2.30. The van der Waals surface area contributed by atoms with Crippen LogP contribution in [0.3, 0.4) is 0 Å². The lowest BCUT2D eigenvalue weighted by Gasteiger charge is -2.23. The molecule has 1 aromatic carbocycles. The van der Waals surface area contributed by atoms with Crippen LogP contribution in [0.15, 0.2) is 24.3 Å². The van der Waals surface area contributed by atoms with Gasteiger partial charge >= 0.3 is 0 Å². The van der Waals surface area contributed by atoms with Gasteiger partial charge in [0.1, 0.15) is 5.75 Å². The Labute approximate surface area is 124 Å². The van der Waals surface area contributed by atoms with Crippen LogP contribution in [0, 0.1) is 0 Å². The molecule has 0 aliphatic rings. The second kappa shape index (κ2) is 7.12. The van der Waals surface area contributed by atoms with E-state index in [4.69, 9.17) is 4.74 Å². The Hall–Kier alpha value is -1.02. The summed E-state index contributed by atoms with van der Waals surface area (Å²) in [6, 6.07) is 8.37. The molecule has 2 heteroatoms. The van der Waals surface area contributed by atoms with E-state index in [0.717, 1.165) is 31.7 Å². The molecule has 1 rings (SSSR count). The first-order valence-electron chi connectivity index (χ1n) is 7.67. The van der Waals surface area contributed by atoms with Crippen molar-refractivity contribution in [3.63, 3.8) is 0 Å². The Morgan fingerprint density at radius 3 is 2.20 bits per heavy atom. The molecule has 0 saturated heterocycles. The Bertz CT molecular complexity index is 399. The van der Waals surface area contributed by atoms with Crippen molar-refractivity contribution < 1.29 is 4.74 Å². The Morgan fingerprint density at radius 1 is 0.950 bits per heavy atom. The number of ether oxygens (including phenoxy) is 1. The molecule has 0 aliphatic heterocycles. The van der Waals surface area contributed by atoms with Crippen LogP contribution >= 0.6 is 0 Å². The quantitative estimate of drug-likeness (QED) is 0.771. The maximum atomic E-state index is 5.97. The summed E-state index contributed by atoms with van der Waals surface area (Å²) in [4.78, 5) is 0. The Balaban J connectivity index is 2.36. The molecule has 1 aromatic rings. The van der Waals surface area contributed by atoms with Crippen LogP contribution in [-0.2, 0) is 5.41 Å². The van der Waals surface area contributed by atoms with Crippen LogP contribution in [0.2, 0.25) is 0 Å². The van der Waals surface area contributed by atoms with Crippen LogP contribution in [-0.4, -0.2) is 18.7 Å². The number of nitrogens with one attached hydrogen (secondary N) is 1. The molecular weight excluding hydrogens is 246 g/mol. The first-order chi connectivity index (χ1) is 9.20. The van der Waals surface area contributed by atoms with Gasteiger partial charge in [-0.15, -0.1) is 0 Å². The Kier molecular flexibility index (Phi) is 6.07. The summed E-state index contributed by atoms with van der Waals surface area (Å²) < 4.78 is 5.97. The summed E-state index contributed by atoms with van der Waals surface area (Å²) >= 11 is 0. The van der Waals surface area contributed by atoms with Gasteiger partial charge in [-0.05, 0) is 57.2 Å². The molecule has 0 aliphatic carbocycles. The van der Waals surface area contributed by atoms with Crippen molar-refractivity contribution in [3.05, 3.63) is 29.8 Å². The lowest BCUT2D eigenvalue weighted by molar-refractivity contribution is 0.294. The van der Waals surface area contributed by atoms with Gasteiger partial charge in [-0.25, -0.2) is 0 Å². The Morgan fingerprint density at radius 2 is 1.60 bits per heavy atom. The van der Waals surface area contributed by atoms with Gasteiger partial charge in [-0.3, -0.25) is 0 Å². The second-order valence-corrected chi connectivity index (χ2v) is 7.48. The van der Waals surface area contributed by atoms with E-state index >= 15 is 0 Å². The molecule has 0 unspecified atom stereocenters. The molecular formula is C18H31NO. The fraction of sp³-hybridized carbons (Fsp3) is 0.667. The van der Waals surface area contributed by atoms with Gasteiger partial charge in [-0.1, -0.05) is 39.0 Å². The molecule has 2 nitrogen and oxygen atoms in total. The molecule has 0 fully saturated rings. The summed E-state index contributed by atoms with van der Waals surface area (Å²) in [6.07, 6.45) is 2.23. The minimum atomic E-state index is 0.129. The summed E-state index contributed by atoms with van der Waals surface area (Å²) in [7, 11) is 0. The van der Waals surface area contributed by atoms with Gasteiger partial charge in [0, 0.05) is 5.54 Å². The van der Waals surface area contributed by atoms with E-state index in [0.29, 0.717) is 0 Å². The van der Waals surface area contributed by atoms with Crippen molar-refractivity contribution in [1.82, 2.24) is 5.32 Å². The number of para-hydroxylation sites is 1. The molecule has 114 valence electrons. The largest absolute Gasteiger partial charge is 0.493 e. The lowest BCUT2D eigenvalue weighted by atomic mass is 9.86. The topological polar surface area (TPSA) is 21.3 Å². The maximum Gasteiger partial charge on any atom is 0.123 e. The van der Waals surface area contributed by atoms with Crippen molar-refractivity contribution in [3.8, 4) is 5.75 Å². The van der Waals surface area contributed by atoms with Gasteiger partial charge in [0.25, 0.3) is 0 Å². The van der Waals surface area contributed by atoms with Crippen molar-refractivity contribution in [2.24, 2.45) is 0 Å². The van der Waals surface area contributed by atoms with E-state index in [2.05, 4.69) is 65.1 Å². The molecule has 0 atom stereocenters. The van der Waals surface area contributed by atoms with Crippen LogP contribution < -0.4 is 10.1 Å². The van der Waals surface area contributed by atoms with Gasteiger partial charge in [0.15, 0.2) is 0 Å². The van der Waals surface area contributed by atoms with E-state index in [9.17, 15) is 0 Å². The van der Waals surface area contributed by atoms with Gasteiger partial charge in [0.2, 0.25) is 0 Å². The third kappa shape index (κ3) is 6.42. The first-order valence-corrected chi connectivity index (χ1v) is 7.67. The van der Waals surface area contributed by atoms with E-state index in [1.54, 1.807) is 0 Å². The normalized spacial score (nSPS) is 12.5. The number of benzene rings is 1. The smallest absolute Gasteiger partial charge is 0.123 e. The highest BCUT2D eigenvalue weighted by atomic mass is 16.5. The summed E-state index contributed by atoms with van der Waals surface area (Å²) in [5, 5.41) is 3.50. The molecule has 0 bridgehead atoms. The van der Waals surface area contributed by atoms with E-state index in [1.165, 1.54) is 5.56 Å². The molecule has 1 N–H and O–H groups in total. The van der Waals surface area contributed by atoms with Crippen molar-refractivity contribution >= 4 is 0 Å². The molecule has 0 saturated carbocycles. The van der Waals surface area contributed by atoms with Crippen molar-refractivity contribution in [1.29, 1.82) is 0 Å². The third-order valence-electron chi connectivity index (χ3n) is 3.18.